The Hall–Kier alpha value is -0.530. The molecule has 2 nitrogen and oxygen atoms in total. The molecule has 0 aromatic heterocycles. The molecule has 2 atom stereocenters. The highest BCUT2D eigenvalue weighted by molar-refractivity contribution is 5.76. The average Bonchev–Trinajstić information content (AvgIpc) is 2.41. The maximum atomic E-state index is 11.6. The summed E-state index contributed by atoms with van der Waals surface area (Å²) in [6, 6.07) is 0. The smallest absolute Gasteiger partial charge is 0.220 e. The van der Waals surface area contributed by atoms with Gasteiger partial charge in [-0.15, -0.1) is 0 Å². The van der Waals surface area contributed by atoms with Crippen molar-refractivity contribution in [2.24, 2.45) is 17.6 Å². The monoisotopic (exact) mass is 283 g/mol. The molecule has 0 aliphatic rings. The van der Waals surface area contributed by atoms with Gasteiger partial charge in [-0.3, -0.25) is 4.79 Å². The lowest BCUT2D eigenvalue weighted by Crippen LogP contribution is -2.28. The lowest BCUT2D eigenvalue weighted by molar-refractivity contribution is -0.123. The van der Waals surface area contributed by atoms with E-state index in [2.05, 4.69) is 20.8 Å². The van der Waals surface area contributed by atoms with Gasteiger partial charge in [0, 0.05) is 5.92 Å². The fourth-order valence-corrected chi connectivity index (χ4v) is 2.95. The Morgan fingerprint density at radius 2 is 1.25 bits per heavy atom. The predicted molar refractivity (Wildman–Crippen MR) is 88.6 cm³/mol. The Labute approximate surface area is 126 Å². The van der Waals surface area contributed by atoms with Crippen LogP contribution in [-0.2, 0) is 4.79 Å². The van der Waals surface area contributed by atoms with Crippen LogP contribution < -0.4 is 5.73 Å². The minimum atomic E-state index is -0.0834. The summed E-state index contributed by atoms with van der Waals surface area (Å²) in [6.45, 7) is 6.67. The van der Waals surface area contributed by atoms with Gasteiger partial charge < -0.3 is 5.73 Å². The van der Waals surface area contributed by atoms with Crippen LogP contribution in [0, 0.1) is 11.8 Å². The summed E-state index contributed by atoms with van der Waals surface area (Å²) in [5.74, 6) is 0.474. The van der Waals surface area contributed by atoms with E-state index in [0.717, 1.165) is 19.3 Å². The molecule has 0 aromatic rings. The predicted octanol–water partition coefficient (Wildman–Crippen LogP) is 5.45. The zero-order valence-corrected chi connectivity index (χ0v) is 14.1. The van der Waals surface area contributed by atoms with Crippen molar-refractivity contribution in [2.45, 2.75) is 97.8 Å². The van der Waals surface area contributed by atoms with Crippen LogP contribution in [0.2, 0.25) is 0 Å². The summed E-state index contributed by atoms with van der Waals surface area (Å²) in [5, 5.41) is 0. The second-order valence-corrected chi connectivity index (χ2v) is 6.39. The van der Waals surface area contributed by atoms with Gasteiger partial charge in [0.2, 0.25) is 5.91 Å². The normalized spacial score (nSPS) is 14.2. The molecular formula is C18H37NO. The zero-order valence-electron chi connectivity index (χ0n) is 14.1. The molecule has 0 bridgehead atoms. The van der Waals surface area contributed by atoms with Crippen LogP contribution >= 0.6 is 0 Å². The minimum absolute atomic E-state index is 0.0834. The molecule has 0 fully saturated rings. The number of carbonyl (C=O) groups excluding carboxylic acids is 1. The van der Waals surface area contributed by atoms with Crippen molar-refractivity contribution in [2.75, 3.05) is 0 Å². The molecule has 2 unspecified atom stereocenters. The van der Waals surface area contributed by atoms with Gasteiger partial charge in [0.15, 0.2) is 0 Å². The molecule has 0 saturated heterocycles. The van der Waals surface area contributed by atoms with Crippen LogP contribution in [0.15, 0.2) is 0 Å². The maximum Gasteiger partial charge on any atom is 0.220 e. The van der Waals surface area contributed by atoms with Gasteiger partial charge in [-0.05, 0) is 18.8 Å². The van der Waals surface area contributed by atoms with Crippen molar-refractivity contribution in [1.82, 2.24) is 0 Å². The molecule has 0 heterocycles. The molecule has 0 saturated carbocycles. The van der Waals surface area contributed by atoms with E-state index in [1.165, 1.54) is 57.8 Å². The van der Waals surface area contributed by atoms with Gasteiger partial charge >= 0.3 is 0 Å². The van der Waals surface area contributed by atoms with Crippen molar-refractivity contribution in [3.63, 3.8) is 0 Å². The lowest BCUT2D eigenvalue weighted by atomic mass is 9.85. The first-order valence-electron chi connectivity index (χ1n) is 8.92. The molecule has 0 aliphatic heterocycles. The van der Waals surface area contributed by atoms with Gasteiger partial charge in [-0.25, -0.2) is 0 Å². The molecule has 0 aromatic carbocycles. The second-order valence-electron chi connectivity index (χ2n) is 6.39. The second kappa shape index (κ2) is 13.5. The average molecular weight is 284 g/mol. The van der Waals surface area contributed by atoms with Gasteiger partial charge in [-0.2, -0.15) is 0 Å². The SMILES string of the molecule is CCCCCCCCCC(C(N)=O)C(C)CCCCC. The van der Waals surface area contributed by atoms with Crippen LogP contribution in [0.1, 0.15) is 97.8 Å². The quantitative estimate of drug-likeness (QED) is 0.423. The molecule has 0 radical (unpaired) electrons. The number of primary amides is 1. The van der Waals surface area contributed by atoms with E-state index in [0.29, 0.717) is 5.92 Å². The molecule has 0 aliphatic carbocycles. The fraction of sp³-hybridized carbons (Fsp3) is 0.944. The highest BCUT2D eigenvalue weighted by Gasteiger charge is 2.21. The van der Waals surface area contributed by atoms with E-state index in [1.807, 2.05) is 0 Å². The first kappa shape index (κ1) is 19.5. The van der Waals surface area contributed by atoms with E-state index in [1.54, 1.807) is 0 Å². The number of hydrogen-bond donors (Lipinski definition) is 1. The summed E-state index contributed by atoms with van der Waals surface area (Å²) >= 11 is 0. The van der Waals surface area contributed by atoms with Crippen molar-refractivity contribution in [3.05, 3.63) is 0 Å². The highest BCUT2D eigenvalue weighted by atomic mass is 16.1. The van der Waals surface area contributed by atoms with Crippen molar-refractivity contribution in [1.29, 1.82) is 0 Å². The van der Waals surface area contributed by atoms with Crippen LogP contribution in [-0.4, -0.2) is 5.91 Å². The van der Waals surface area contributed by atoms with Crippen LogP contribution in [0.25, 0.3) is 0 Å². The zero-order chi connectivity index (χ0) is 15.2. The topological polar surface area (TPSA) is 43.1 Å². The minimum Gasteiger partial charge on any atom is -0.369 e. The molecule has 0 rings (SSSR count). The van der Waals surface area contributed by atoms with Gasteiger partial charge in [0.1, 0.15) is 0 Å². The Morgan fingerprint density at radius 3 is 1.80 bits per heavy atom. The standard InChI is InChI=1S/C18H37NO/c1-4-6-8-9-10-11-13-15-17(18(19)20)16(3)14-12-7-5-2/h16-17H,4-15H2,1-3H3,(H2,19,20). The summed E-state index contributed by atoms with van der Waals surface area (Å²) in [5.41, 5.74) is 5.58. The fourth-order valence-electron chi connectivity index (χ4n) is 2.95. The molecule has 0 spiro atoms. The highest BCUT2D eigenvalue weighted by Crippen LogP contribution is 2.24. The largest absolute Gasteiger partial charge is 0.369 e. The summed E-state index contributed by atoms with van der Waals surface area (Å²) in [4.78, 5) is 11.6. The number of rotatable bonds is 14. The Kier molecular flexibility index (Phi) is 13.1. The molecule has 20 heavy (non-hydrogen) atoms. The van der Waals surface area contributed by atoms with Crippen LogP contribution in [0.5, 0.6) is 0 Å². The number of unbranched alkanes of at least 4 members (excludes halogenated alkanes) is 8. The third-order valence-electron chi connectivity index (χ3n) is 4.43. The molecule has 2 N–H and O–H groups in total. The number of amides is 1. The van der Waals surface area contributed by atoms with Gasteiger partial charge in [0.25, 0.3) is 0 Å². The van der Waals surface area contributed by atoms with Crippen molar-refractivity contribution < 1.29 is 4.79 Å². The summed E-state index contributed by atoms with van der Waals surface area (Å²) in [7, 11) is 0. The first-order chi connectivity index (χ1) is 9.63. The number of nitrogens with two attached hydrogens (primary N) is 1. The molecule has 2 heteroatoms. The Morgan fingerprint density at radius 1 is 0.800 bits per heavy atom. The van der Waals surface area contributed by atoms with E-state index in [-0.39, 0.29) is 11.8 Å². The van der Waals surface area contributed by atoms with E-state index < -0.39 is 0 Å². The van der Waals surface area contributed by atoms with E-state index in [4.69, 9.17) is 5.73 Å². The lowest BCUT2D eigenvalue weighted by Gasteiger charge is -2.21. The molecular weight excluding hydrogens is 246 g/mol. The van der Waals surface area contributed by atoms with E-state index >= 15 is 0 Å². The Bertz CT molecular complexity index is 227. The third kappa shape index (κ3) is 10.3. The number of hydrogen-bond acceptors (Lipinski definition) is 1. The summed E-state index contributed by atoms with van der Waals surface area (Å²) < 4.78 is 0. The third-order valence-corrected chi connectivity index (χ3v) is 4.43. The van der Waals surface area contributed by atoms with Crippen molar-refractivity contribution in [3.8, 4) is 0 Å². The Balaban J connectivity index is 3.76. The van der Waals surface area contributed by atoms with Gasteiger partial charge in [-0.1, -0.05) is 85.0 Å². The number of carbonyl (C=O) groups is 1. The molecule has 1 amide bonds. The molecule has 120 valence electrons. The van der Waals surface area contributed by atoms with E-state index in [9.17, 15) is 4.79 Å². The van der Waals surface area contributed by atoms with Crippen LogP contribution in [0.3, 0.4) is 0 Å². The van der Waals surface area contributed by atoms with Gasteiger partial charge in [0.05, 0.1) is 0 Å². The van der Waals surface area contributed by atoms with Crippen molar-refractivity contribution >= 4 is 5.91 Å². The first-order valence-corrected chi connectivity index (χ1v) is 8.92. The van der Waals surface area contributed by atoms with Crippen LogP contribution in [0.4, 0.5) is 0 Å². The summed E-state index contributed by atoms with van der Waals surface area (Å²) in [6.07, 6.45) is 15.0. The maximum absolute atomic E-state index is 11.6.